The number of hydrogen-bond donors (Lipinski definition) is 2. The predicted octanol–water partition coefficient (Wildman–Crippen LogP) is 2.40. The van der Waals surface area contributed by atoms with Crippen molar-refractivity contribution in [3.8, 4) is 0 Å². The van der Waals surface area contributed by atoms with Crippen LogP contribution in [0.2, 0.25) is 0 Å². The highest BCUT2D eigenvalue weighted by Gasteiger charge is 2.32. The number of nitrogens with one attached hydrogen (secondary N) is 2. The number of benzene rings is 1. The third kappa shape index (κ3) is 4.52. The Kier molecular flexibility index (Phi) is 6.19. The maximum Gasteiger partial charge on any atom is 0.230 e. The first-order valence-electron chi connectivity index (χ1n) is 8.92. The predicted molar refractivity (Wildman–Crippen MR) is 98.6 cm³/mol. The van der Waals surface area contributed by atoms with Crippen LogP contribution in [0.25, 0.3) is 0 Å². The molecule has 0 spiro atoms. The summed E-state index contributed by atoms with van der Waals surface area (Å²) >= 11 is 1.64. The number of fused-ring (bicyclic) bond motifs is 1. The lowest BCUT2D eigenvalue weighted by molar-refractivity contribution is -0.119. The zero-order valence-corrected chi connectivity index (χ0v) is 15.3. The van der Waals surface area contributed by atoms with Crippen molar-refractivity contribution < 1.29 is 9.53 Å². The van der Waals surface area contributed by atoms with E-state index in [-0.39, 0.29) is 11.3 Å². The Morgan fingerprint density at radius 2 is 2.08 bits per heavy atom. The van der Waals surface area contributed by atoms with Crippen LogP contribution >= 0.6 is 11.8 Å². The molecule has 2 aliphatic rings. The van der Waals surface area contributed by atoms with Crippen LogP contribution in [0.3, 0.4) is 0 Å². The molecule has 24 heavy (non-hydrogen) atoms. The van der Waals surface area contributed by atoms with E-state index in [1.165, 1.54) is 35.3 Å². The van der Waals surface area contributed by atoms with Crippen molar-refractivity contribution in [2.24, 2.45) is 5.41 Å². The summed E-state index contributed by atoms with van der Waals surface area (Å²) in [6.45, 7) is 3.44. The number of carbonyl (C=O) groups excluding carboxylic acids is 1. The molecule has 1 amide bonds. The lowest BCUT2D eigenvalue weighted by atomic mass is 9.79. The van der Waals surface area contributed by atoms with Gasteiger partial charge in [0.05, 0.1) is 12.4 Å². The molecule has 0 atom stereocenters. The van der Waals surface area contributed by atoms with Crippen LogP contribution < -0.4 is 10.6 Å². The van der Waals surface area contributed by atoms with E-state index in [0.29, 0.717) is 18.9 Å². The molecule has 1 heterocycles. The monoisotopic (exact) mass is 348 g/mol. The second-order valence-corrected chi connectivity index (χ2v) is 8.08. The van der Waals surface area contributed by atoms with Gasteiger partial charge in [0.1, 0.15) is 0 Å². The van der Waals surface area contributed by atoms with E-state index >= 15 is 0 Å². The van der Waals surface area contributed by atoms with Crippen molar-refractivity contribution in [3.63, 3.8) is 0 Å². The van der Waals surface area contributed by atoms with Crippen molar-refractivity contribution in [2.75, 3.05) is 39.1 Å². The first-order chi connectivity index (χ1) is 11.7. The molecule has 5 heteroatoms. The van der Waals surface area contributed by atoms with E-state index in [0.717, 1.165) is 25.9 Å². The summed E-state index contributed by atoms with van der Waals surface area (Å²) in [7, 11) is 1.75. The molecule has 1 aromatic carbocycles. The van der Waals surface area contributed by atoms with Gasteiger partial charge in [-0.3, -0.25) is 4.79 Å². The molecule has 3 rings (SSSR count). The van der Waals surface area contributed by atoms with E-state index in [4.69, 9.17) is 4.74 Å². The fourth-order valence-electron chi connectivity index (χ4n) is 3.76. The van der Waals surface area contributed by atoms with Gasteiger partial charge in [0, 0.05) is 24.0 Å². The number of rotatable bonds is 7. The lowest BCUT2D eigenvalue weighted by Gasteiger charge is -2.37. The average molecular weight is 349 g/mol. The highest BCUT2D eigenvalue weighted by molar-refractivity contribution is 8.00. The van der Waals surface area contributed by atoms with Gasteiger partial charge >= 0.3 is 0 Å². The van der Waals surface area contributed by atoms with Gasteiger partial charge in [-0.15, -0.1) is 11.8 Å². The maximum absolute atomic E-state index is 12.3. The largest absolute Gasteiger partial charge is 0.384 e. The Morgan fingerprint density at radius 3 is 2.88 bits per heavy atom. The first kappa shape index (κ1) is 17.8. The second-order valence-electron chi connectivity index (χ2n) is 7.03. The zero-order chi connectivity index (χ0) is 16.8. The number of aryl methyl sites for hydroxylation is 2. The molecule has 1 aliphatic heterocycles. The van der Waals surface area contributed by atoms with E-state index in [1.54, 1.807) is 18.9 Å². The van der Waals surface area contributed by atoms with Crippen LogP contribution in [0, 0.1) is 5.41 Å². The van der Waals surface area contributed by atoms with Crippen LogP contribution in [0.1, 0.15) is 30.4 Å². The molecular formula is C19H28N2O2S. The van der Waals surface area contributed by atoms with Gasteiger partial charge in [-0.2, -0.15) is 0 Å². The molecule has 1 saturated heterocycles. The molecule has 0 radical (unpaired) electrons. The van der Waals surface area contributed by atoms with Gasteiger partial charge in [-0.05, 0) is 68.5 Å². The van der Waals surface area contributed by atoms with Crippen LogP contribution in [0.15, 0.2) is 23.1 Å². The summed E-state index contributed by atoms with van der Waals surface area (Å²) in [6, 6.07) is 6.64. The van der Waals surface area contributed by atoms with Crippen molar-refractivity contribution in [2.45, 2.75) is 37.0 Å². The Morgan fingerprint density at radius 1 is 1.29 bits per heavy atom. The Labute approximate surface area is 149 Å². The van der Waals surface area contributed by atoms with Gasteiger partial charge in [0.15, 0.2) is 0 Å². The fourth-order valence-corrected chi connectivity index (χ4v) is 4.55. The number of thioether (sulfide) groups is 1. The van der Waals surface area contributed by atoms with Gasteiger partial charge in [0.25, 0.3) is 0 Å². The first-order valence-corrected chi connectivity index (χ1v) is 9.90. The Balaban J connectivity index is 1.46. The minimum absolute atomic E-state index is 0.0912. The number of amides is 1. The Bertz CT molecular complexity index is 565. The summed E-state index contributed by atoms with van der Waals surface area (Å²) in [6.07, 6.45) is 5.76. The third-order valence-corrected chi connectivity index (χ3v) is 6.21. The summed E-state index contributed by atoms with van der Waals surface area (Å²) in [4.78, 5) is 13.5. The maximum atomic E-state index is 12.3. The highest BCUT2D eigenvalue weighted by atomic mass is 32.2. The van der Waals surface area contributed by atoms with Crippen LogP contribution in [-0.2, 0) is 22.4 Å². The molecule has 1 aromatic rings. The number of carbonyl (C=O) groups is 1. The smallest absolute Gasteiger partial charge is 0.230 e. The fraction of sp³-hybridized carbons (Fsp3) is 0.632. The van der Waals surface area contributed by atoms with Crippen molar-refractivity contribution in [3.05, 3.63) is 29.3 Å². The number of hydrogen-bond acceptors (Lipinski definition) is 4. The summed E-state index contributed by atoms with van der Waals surface area (Å²) < 4.78 is 5.40. The summed E-state index contributed by atoms with van der Waals surface area (Å²) in [5.41, 5.74) is 3.04. The molecular weight excluding hydrogens is 320 g/mol. The minimum atomic E-state index is 0.0912. The van der Waals surface area contributed by atoms with Gasteiger partial charge in [-0.25, -0.2) is 0 Å². The SMILES string of the molecule is COCC1(CNC(=O)CSc2ccc3c(c2)CCC3)CCNCC1. The quantitative estimate of drug-likeness (QED) is 0.743. The minimum Gasteiger partial charge on any atom is -0.384 e. The molecule has 132 valence electrons. The molecule has 4 nitrogen and oxygen atoms in total. The molecule has 0 unspecified atom stereocenters. The summed E-state index contributed by atoms with van der Waals surface area (Å²) in [5, 5.41) is 6.51. The van der Waals surface area contributed by atoms with Crippen molar-refractivity contribution in [1.82, 2.24) is 10.6 Å². The molecule has 0 bridgehead atoms. The van der Waals surface area contributed by atoms with Gasteiger partial charge in [0.2, 0.25) is 5.91 Å². The topological polar surface area (TPSA) is 50.4 Å². The number of methoxy groups -OCH3 is 1. The standard InChI is InChI=1S/C19H28N2O2S/c1-23-14-19(7-9-20-10-8-19)13-21-18(22)12-24-17-6-5-15-3-2-4-16(15)11-17/h5-6,11,20H,2-4,7-10,12-14H2,1H3,(H,21,22). The number of ether oxygens (including phenoxy) is 1. The lowest BCUT2D eigenvalue weighted by Crippen LogP contribution is -2.47. The van der Waals surface area contributed by atoms with E-state index < -0.39 is 0 Å². The third-order valence-electron chi connectivity index (χ3n) is 5.22. The normalized spacial score (nSPS) is 19.0. The van der Waals surface area contributed by atoms with Crippen LogP contribution in [0.4, 0.5) is 0 Å². The van der Waals surface area contributed by atoms with E-state index in [2.05, 4.69) is 28.8 Å². The molecule has 0 aromatic heterocycles. The highest BCUT2D eigenvalue weighted by Crippen LogP contribution is 2.29. The van der Waals surface area contributed by atoms with Gasteiger partial charge in [-0.1, -0.05) is 6.07 Å². The molecule has 1 aliphatic carbocycles. The van der Waals surface area contributed by atoms with Gasteiger partial charge < -0.3 is 15.4 Å². The average Bonchev–Trinajstić information content (AvgIpc) is 3.07. The number of piperidine rings is 1. The van der Waals surface area contributed by atoms with Crippen LogP contribution in [-0.4, -0.2) is 45.0 Å². The van der Waals surface area contributed by atoms with E-state index in [9.17, 15) is 4.79 Å². The summed E-state index contributed by atoms with van der Waals surface area (Å²) in [5.74, 6) is 0.606. The Hall–Kier alpha value is -1.04. The molecule has 2 N–H and O–H groups in total. The molecule has 1 fully saturated rings. The van der Waals surface area contributed by atoms with Crippen molar-refractivity contribution >= 4 is 17.7 Å². The molecule has 0 saturated carbocycles. The second kappa shape index (κ2) is 8.37. The van der Waals surface area contributed by atoms with Crippen molar-refractivity contribution in [1.29, 1.82) is 0 Å². The van der Waals surface area contributed by atoms with Crippen LogP contribution in [0.5, 0.6) is 0 Å². The zero-order valence-electron chi connectivity index (χ0n) is 14.5. The van der Waals surface area contributed by atoms with E-state index in [1.807, 2.05) is 0 Å².